The molecule has 142 valence electrons. The molecule has 1 amide bonds. The molecule has 2 aromatic carbocycles. The van der Waals surface area contributed by atoms with Crippen molar-refractivity contribution < 1.29 is 9.53 Å². The lowest BCUT2D eigenvalue weighted by atomic mass is 10.1. The van der Waals surface area contributed by atoms with Gasteiger partial charge in [-0.3, -0.25) is 10.1 Å². The smallest absolute Gasteiger partial charge is 0.264 e. The van der Waals surface area contributed by atoms with E-state index in [2.05, 4.69) is 26.7 Å². The summed E-state index contributed by atoms with van der Waals surface area (Å²) in [5, 5.41) is 16.0. The van der Waals surface area contributed by atoms with Gasteiger partial charge in [-0.1, -0.05) is 41.2 Å². The lowest BCUT2D eigenvalue weighted by molar-refractivity contribution is -0.118. The molecule has 7 nitrogen and oxygen atoms in total. The van der Waals surface area contributed by atoms with Crippen molar-refractivity contribution in [1.82, 2.24) is 19.8 Å². The van der Waals surface area contributed by atoms with E-state index in [1.807, 2.05) is 57.2 Å². The van der Waals surface area contributed by atoms with Crippen LogP contribution < -0.4 is 10.1 Å². The van der Waals surface area contributed by atoms with Crippen LogP contribution in [0.1, 0.15) is 16.7 Å². The molecule has 0 atom stereocenters. The zero-order valence-electron chi connectivity index (χ0n) is 15.8. The Balaban J connectivity index is 1.47. The molecule has 2 heterocycles. The van der Waals surface area contributed by atoms with Gasteiger partial charge in [0.15, 0.2) is 12.4 Å². The summed E-state index contributed by atoms with van der Waals surface area (Å²) in [5.41, 5.74) is 4.23. The largest absolute Gasteiger partial charge is 0.484 e. The molecule has 0 unspecified atom stereocenters. The van der Waals surface area contributed by atoms with Crippen LogP contribution in [0.2, 0.25) is 0 Å². The molecule has 4 aromatic rings. The van der Waals surface area contributed by atoms with Gasteiger partial charge in [0.05, 0.1) is 0 Å². The van der Waals surface area contributed by atoms with Gasteiger partial charge < -0.3 is 4.74 Å². The first-order valence-electron chi connectivity index (χ1n) is 8.78. The van der Waals surface area contributed by atoms with E-state index in [4.69, 9.17) is 4.74 Å². The van der Waals surface area contributed by atoms with Crippen LogP contribution in [-0.2, 0) is 4.79 Å². The molecule has 0 saturated carbocycles. The first-order valence-corrected chi connectivity index (χ1v) is 9.60. The molecular weight excluding hydrogens is 374 g/mol. The Morgan fingerprint density at radius 2 is 1.86 bits per heavy atom. The van der Waals surface area contributed by atoms with Gasteiger partial charge in [0.25, 0.3) is 5.91 Å². The zero-order chi connectivity index (χ0) is 19.7. The van der Waals surface area contributed by atoms with Crippen LogP contribution in [0.4, 0.5) is 5.13 Å². The fourth-order valence-corrected chi connectivity index (χ4v) is 3.71. The molecular formula is C20H19N5O2S. The summed E-state index contributed by atoms with van der Waals surface area (Å²) < 4.78 is 7.23. The summed E-state index contributed by atoms with van der Waals surface area (Å²) in [4.78, 5) is 12.9. The minimum absolute atomic E-state index is 0.0895. The molecule has 0 fully saturated rings. The van der Waals surface area contributed by atoms with Gasteiger partial charge in [0.1, 0.15) is 5.75 Å². The average molecular weight is 393 g/mol. The number of carbonyl (C=O) groups excluding carboxylic acids is 1. The molecule has 0 aliphatic carbocycles. The Morgan fingerprint density at radius 3 is 2.61 bits per heavy atom. The van der Waals surface area contributed by atoms with E-state index in [-0.39, 0.29) is 12.5 Å². The highest BCUT2D eigenvalue weighted by molar-refractivity contribution is 7.20. The van der Waals surface area contributed by atoms with Crippen molar-refractivity contribution in [1.29, 1.82) is 0 Å². The van der Waals surface area contributed by atoms with Crippen LogP contribution in [0.25, 0.3) is 16.3 Å². The van der Waals surface area contributed by atoms with Crippen molar-refractivity contribution >= 4 is 27.3 Å². The van der Waals surface area contributed by atoms with E-state index in [0.717, 1.165) is 22.3 Å². The number of nitrogens with zero attached hydrogens (tertiary/aromatic N) is 4. The molecule has 0 radical (unpaired) electrons. The number of carbonyl (C=O) groups is 1. The highest BCUT2D eigenvalue weighted by Gasteiger charge is 2.15. The first kappa shape index (κ1) is 18.1. The van der Waals surface area contributed by atoms with Crippen molar-refractivity contribution in [2.24, 2.45) is 0 Å². The number of rotatable bonds is 5. The first-order chi connectivity index (χ1) is 13.5. The van der Waals surface area contributed by atoms with Crippen LogP contribution in [-0.4, -0.2) is 32.3 Å². The Morgan fingerprint density at radius 1 is 1.07 bits per heavy atom. The molecule has 0 saturated heterocycles. The van der Waals surface area contributed by atoms with Crippen LogP contribution in [0, 0.1) is 20.8 Å². The van der Waals surface area contributed by atoms with Gasteiger partial charge in [-0.05, 0) is 50.1 Å². The number of aromatic nitrogens is 4. The number of nitrogens with one attached hydrogen (secondary N) is 1. The minimum atomic E-state index is -0.277. The maximum Gasteiger partial charge on any atom is 0.264 e. The second-order valence-corrected chi connectivity index (χ2v) is 7.61. The number of aryl methyl sites for hydroxylation is 3. The highest BCUT2D eigenvalue weighted by atomic mass is 32.1. The molecule has 0 spiro atoms. The molecule has 0 aliphatic rings. The van der Waals surface area contributed by atoms with Gasteiger partial charge in [-0.25, -0.2) is 0 Å². The number of amides is 1. The number of fused-ring (bicyclic) bond motifs is 1. The maximum atomic E-state index is 12.2. The number of anilines is 1. The molecule has 2 aromatic heterocycles. The summed E-state index contributed by atoms with van der Waals surface area (Å²) in [6.07, 6.45) is 0. The van der Waals surface area contributed by atoms with Gasteiger partial charge in [-0.15, -0.1) is 15.3 Å². The molecule has 0 aliphatic heterocycles. The van der Waals surface area contributed by atoms with Crippen molar-refractivity contribution in [3.63, 3.8) is 0 Å². The van der Waals surface area contributed by atoms with Crippen molar-refractivity contribution in [3.8, 4) is 17.1 Å². The standard InChI is InChI=1S/C20H19N5O2S/c1-12-5-4-6-15(8-12)18-22-23-20-25(18)24-19(28-20)21-17(26)11-27-16-9-13(2)7-14(3)10-16/h4-10H,11H2,1-3H3,(H,21,24,26). The summed E-state index contributed by atoms with van der Waals surface area (Å²) in [6.45, 7) is 5.91. The Kier molecular flexibility index (Phi) is 4.79. The average Bonchev–Trinajstić information content (AvgIpc) is 3.19. The van der Waals surface area contributed by atoms with Gasteiger partial charge in [0, 0.05) is 5.56 Å². The molecule has 0 bridgehead atoms. The summed E-state index contributed by atoms with van der Waals surface area (Å²) >= 11 is 1.26. The van der Waals surface area contributed by atoms with Gasteiger partial charge >= 0.3 is 0 Å². The number of ether oxygens (including phenoxy) is 1. The van der Waals surface area contributed by atoms with Crippen LogP contribution in [0.5, 0.6) is 5.75 Å². The fourth-order valence-electron chi connectivity index (χ4n) is 2.95. The highest BCUT2D eigenvalue weighted by Crippen LogP contribution is 2.24. The van der Waals surface area contributed by atoms with Crippen molar-refractivity contribution in [2.75, 3.05) is 11.9 Å². The third kappa shape index (κ3) is 3.86. The SMILES string of the molecule is Cc1cc(C)cc(OCC(=O)Nc2nn3c(-c4cccc(C)c4)nnc3s2)c1. The normalized spacial score (nSPS) is 11.0. The molecule has 1 N–H and O–H groups in total. The number of benzene rings is 2. The second kappa shape index (κ2) is 7.40. The third-order valence-corrected chi connectivity index (χ3v) is 4.89. The number of hydrogen-bond donors (Lipinski definition) is 1. The van der Waals surface area contributed by atoms with E-state index in [1.165, 1.54) is 11.3 Å². The summed E-state index contributed by atoms with van der Waals surface area (Å²) in [5.74, 6) is 1.04. The predicted molar refractivity (Wildman–Crippen MR) is 109 cm³/mol. The van der Waals surface area contributed by atoms with Crippen LogP contribution >= 0.6 is 11.3 Å². The second-order valence-electron chi connectivity index (χ2n) is 6.65. The van der Waals surface area contributed by atoms with Crippen LogP contribution in [0.15, 0.2) is 42.5 Å². The van der Waals surface area contributed by atoms with E-state index in [9.17, 15) is 4.79 Å². The monoisotopic (exact) mass is 393 g/mol. The van der Waals surface area contributed by atoms with E-state index >= 15 is 0 Å². The van der Waals surface area contributed by atoms with Crippen LogP contribution in [0.3, 0.4) is 0 Å². The lowest BCUT2D eigenvalue weighted by Gasteiger charge is -2.07. The van der Waals surface area contributed by atoms with Crippen molar-refractivity contribution in [2.45, 2.75) is 20.8 Å². The molecule has 8 heteroatoms. The summed E-state index contributed by atoms with van der Waals surface area (Å²) in [7, 11) is 0. The minimum Gasteiger partial charge on any atom is -0.484 e. The number of hydrogen-bond acceptors (Lipinski definition) is 6. The Labute approximate surface area is 166 Å². The predicted octanol–water partition coefficient (Wildman–Crippen LogP) is 3.80. The van der Waals surface area contributed by atoms with E-state index in [1.54, 1.807) is 4.52 Å². The molecule has 28 heavy (non-hydrogen) atoms. The Bertz CT molecular complexity index is 1140. The van der Waals surface area contributed by atoms with Gasteiger partial charge in [-0.2, -0.15) is 4.52 Å². The third-order valence-electron chi connectivity index (χ3n) is 4.08. The van der Waals surface area contributed by atoms with Gasteiger partial charge in [0.2, 0.25) is 10.1 Å². The van der Waals surface area contributed by atoms with E-state index in [0.29, 0.717) is 21.7 Å². The lowest BCUT2D eigenvalue weighted by Crippen LogP contribution is -2.20. The quantitative estimate of drug-likeness (QED) is 0.558. The van der Waals surface area contributed by atoms with E-state index < -0.39 is 0 Å². The topological polar surface area (TPSA) is 81.4 Å². The molecule has 4 rings (SSSR count). The maximum absolute atomic E-state index is 12.2. The van der Waals surface area contributed by atoms with Crippen molar-refractivity contribution in [3.05, 3.63) is 59.2 Å². The summed E-state index contributed by atoms with van der Waals surface area (Å²) in [6, 6.07) is 13.8. The zero-order valence-corrected chi connectivity index (χ0v) is 16.6. The fraction of sp³-hybridized carbons (Fsp3) is 0.200. The Hall–Kier alpha value is -3.26.